The van der Waals surface area contributed by atoms with Crippen molar-refractivity contribution in [2.75, 3.05) is 5.32 Å². The van der Waals surface area contributed by atoms with Crippen LogP contribution in [0, 0.1) is 0 Å². The maximum absolute atomic E-state index is 12.2. The molecule has 0 bridgehead atoms. The summed E-state index contributed by atoms with van der Waals surface area (Å²) in [6, 6.07) is 6.23. The summed E-state index contributed by atoms with van der Waals surface area (Å²) >= 11 is 0. The normalized spacial score (nSPS) is 15.0. The van der Waals surface area contributed by atoms with Gasteiger partial charge in [-0.25, -0.2) is 4.68 Å². The number of nitrogens with zero attached hydrogens (tertiary/aromatic N) is 4. The van der Waals surface area contributed by atoms with Gasteiger partial charge in [-0.05, 0) is 35.4 Å². The molecule has 0 spiro atoms. The van der Waals surface area contributed by atoms with Crippen LogP contribution in [0.2, 0.25) is 0 Å². The summed E-state index contributed by atoms with van der Waals surface area (Å²) in [5.41, 5.74) is 0.590. The molecule has 1 saturated carbocycles. The number of carbonyl (C=O) groups is 1. The molecule has 9 heteroatoms. The van der Waals surface area contributed by atoms with E-state index in [0.29, 0.717) is 11.4 Å². The number of amides is 1. The number of anilines is 1. The molecule has 3 rings (SSSR count). The first kappa shape index (κ1) is 13.5. The topological polar surface area (TPSA) is 72.7 Å². The smallest absolute Gasteiger partial charge is 0.318 e. The minimum absolute atomic E-state index is 0.0418. The van der Waals surface area contributed by atoms with E-state index in [1.807, 2.05) is 0 Å². The number of benzene rings is 1. The molecule has 1 aliphatic rings. The molecule has 2 aromatic rings. The van der Waals surface area contributed by atoms with Crippen molar-refractivity contribution < 1.29 is 18.0 Å². The molecule has 110 valence electrons. The Kier molecular flexibility index (Phi) is 3.11. The van der Waals surface area contributed by atoms with Crippen LogP contribution in [-0.2, 0) is 4.79 Å². The van der Waals surface area contributed by atoms with Crippen LogP contribution in [0.15, 0.2) is 24.3 Å². The van der Waals surface area contributed by atoms with Crippen LogP contribution in [0.25, 0.3) is 11.4 Å². The Hall–Kier alpha value is -2.45. The van der Waals surface area contributed by atoms with Crippen molar-refractivity contribution in [1.29, 1.82) is 0 Å². The van der Waals surface area contributed by atoms with Gasteiger partial charge in [-0.15, -0.1) is 5.10 Å². The lowest BCUT2D eigenvalue weighted by Crippen LogP contribution is -2.29. The molecule has 1 aromatic carbocycles. The largest absolute Gasteiger partial charge is 0.471 e. The van der Waals surface area contributed by atoms with Crippen LogP contribution < -0.4 is 5.32 Å². The third kappa shape index (κ3) is 2.86. The van der Waals surface area contributed by atoms with Crippen molar-refractivity contribution in [3.05, 3.63) is 24.3 Å². The monoisotopic (exact) mass is 297 g/mol. The number of aromatic nitrogens is 4. The maximum Gasteiger partial charge on any atom is 0.471 e. The Labute approximate surface area is 116 Å². The number of nitrogens with one attached hydrogen (secondary N) is 1. The number of hydrogen-bond acceptors (Lipinski definition) is 4. The lowest BCUT2D eigenvalue weighted by molar-refractivity contribution is -0.167. The summed E-state index contributed by atoms with van der Waals surface area (Å²) in [7, 11) is 0. The Morgan fingerprint density at radius 1 is 1.33 bits per heavy atom. The molecular weight excluding hydrogens is 287 g/mol. The van der Waals surface area contributed by atoms with E-state index in [0.717, 1.165) is 12.8 Å². The maximum atomic E-state index is 12.2. The number of rotatable bonds is 3. The fraction of sp³-hybridized carbons (Fsp3) is 0.333. The molecule has 21 heavy (non-hydrogen) atoms. The minimum atomic E-state index is -4.93. The first-order valence-electron chi connectivity index (χ1n) is 6.21. The summed E-state index contributed by atoms with van der Waals surface area (Å²) in [5, 5.41) is 13.1. The number of hydrogen-bond donors (Lipinski definition) is 1. The molecular formula is C12H10F3N5O. The third-order valence-electron chi connectivity index (χ3n) is 3.02. The molecule has 0 saturated heterocycles. The third-order valence-corrected chi connectivity index (χ3v) is 3.02. The second-order valence-electron chi connectivity index (χ2n) is 4.71. The van der Waals surface area contributed by atoms with Gasteiger partial charge in [-0.2, -0.15) is 13.2 Å². The van der Waals surface area contributed by atoms with E-state index in [9.17, 15) is 18.0 Å². The van der Waals surface area contributed by atoms with E-state index in [4.69, 9.17) is 0 Å². The lowest BCUT2D eigenvalue weighted by atomic mass is 10.2. The standard InChI is InChI=1S/C12H10F3N5O/c13-12(14,15)11(21)16-8-3-1-2-7(6-8)10-17-18-19-20(10)9-4-5-9/h1-3,6,9H,4-5H2,(H,16,21). The zero-order valence-electron chi connectivity index (χ0n) is 10.6. The van der Waals surface area contributed by atoms with Crippen LogP contribution in [-0.4, -0.2) is 32.3 Å². The van der Waals surface area contributed by atoms with Crippen molar-refractivity contribution in [3.63, 3.8) is 0 Å². The molecule has 1 aromatic heterocycles. The first-order valence-corrected chi connectivity index (χ1v) is 6.21. The molecule has 1 fully saturated rings. The van der Waals surface area contributed by atoms with Crippen molar-refractivity contribution in [3.8, 4) is 11.4 Å². The van der Waals surface area contributed by atoms with Gasteiger partial charge >= 0.3 is 12.1 Å². The van der Waals surface area contributed by atoms with E-state index in [-0.39, 0.29) is 11.7 Å². The second-order valence-corrected chi connectivity index (χ2v) is 4.71. The highest BCUT2D eigenvalue weighted by Crippen LogP contribution is 2.36. The van der Waals surface area contributed by atoms with Crippen LogP contribution in [0.1, 0.15) is 18.9 Å². The van der Waals surface area contributed by atoms with E-state index >= 15 is 0 Å². The van der Waals surface area contributed by atoms with Crippen molar-refractivity contribution in [2.24, 2.45) is 0 Å². The first-order chi connectivity index (χ1) is 9.95. The highest BCUT2D eigenvalue weighted by molar-refractivity contribution is 5.95. The van der Waals surface area contributed by atoms with Crippen LogP contribution in [0.3, 0.4) is 0 Å². The number of halogens is 3. The number of carbonyl (C=O) groups excluding carboxylic acids is 1. The summed E-state index contributed by atoms with van der Waals surface area (Å²) in [4.78, 5) is 10.9. The molecule has 0 aliphatic heterocycles. The summed E-state index contributed by atoms with van der Waals surface area (Å²) in [5.74, 6) is -1.54. The zero-order chi connectivity index (χ0) is 15.0. The zero-order valence-corrected chi connectivity index (χ0v) is 10.6. The van der Waals surface area contributed by atoms with Gasteiger partial charge in [0.05, 0.1) is 6.04 Å². The molecule has 1 heterocycles. The van der Waals surface area contributed by atoms with Gasteiger partial charge in [-0.3, -0.25) is 4.79 Å². The molecule has 6 nitrogen and oxygen atoms in total. The highest BCUT2D eigenvalue weighted by Gasteiger charge is 2.38. The van der Waals surface area contributed by atoms with Gasteiger partial charge < -0.3 is 5.32 Å². The highest BCUT2D eigenvalue weighted by atomic mass is 19.4. The van der Waals surface area contributed by atoms with Gasteiger partial charge in [0.25, 0.3) is 0 Å². The molecule has 1 N–H and O–H groups in total. The predicted octanol–water partition coefficient (Wildman–Crippen LogP) is 2.18. The Morgan fingerprint density at radius 2 is 2.10 bits per heavy atom. The molecule has 1 amide bonds. The Balaban J connectivity index is 1.86. The van der Waals surface area contributed by atoms with Crippen LogP contribution in [0.4, 0.5) is 18.9 Å². The average molecular weight is 297 g/mol. The summed E-state index contributed by atoms with van der Waals surface area (Å²) in [6.07, 6.45) is -2.98. The average Bonchev–Trinajstić information content (AvgIpc) is 3.15. The quantitative estimate of drug-likeness (QED) is 0.942. The molecule has 1 aliphatic carbocycles. The predicted molar refractivity (Wildman–Crippen MR) is 66.2 cm³/mol. The molecule has 0 radical (unpaired) electrons. The van der Waals surface area contributed by atoms with E-state index in [1.54, 1.807) is 16.1 Å². The van der Waals surface area contributed by atoms with Gasteiger partial charge in [0.15, 0.2) is 5.82 Å². The van der Waals surface area contributed by atoms with Gasteiger partial charge in [0, 0.05) is 11.3 Å². The number of tetrazole rings is 1. The van der Waals surface area contributed by atoms with Crippen LogP contribution in [0.5, 0.6) is 0 Å². The van der Waals surface area contributed by atoms with Crippen molar-refractivity contribution >= 4 is 11.6 Å². The van der Waals surface area contributed by atoms with Crippen molar-refractivity contribution in [2.45, 2.75) is 25.1 Å². The fourth-order valence-corrected chi connectivity index (χ4v) is 1.89. The van der Waals surface area contributed by atoms with E-state index in [1.165, 1.54) is 18.2 Å². The van der Waals surface area contributed by atoms with Gasteiger partial charge in [-0.1, -0.05) is 12.1 Å². The minimum Gasteiger partial charge on any atom is -0.318 e. The second kappa shape index (κ2) is 4.83. The SMILES string of the molecule is O=C(Nc1cccc(-c2nnnn2C2CC2)c1)C(F)(F)F. The molecule has 0 unspecified atom stereocenters. The number of alkyl halides is 3. The lowest BCUT2D eigenvalue weighted by Gasteiger charge is -2.09. The van der Waals surface area contributed by atoms with E-state index in [2.05, 4.69) is 15.5 Å². The fourth-order valence-electron chi connectivity index (χ4n) is 1.89. The van der Waals surface area contributed by atoms with Gasteiger partial charge in [0.2, 0.25) is 0 Å². The molecule has 0 atom stereocenters. The van der Waals surface area contributed by atoms with Crippen molar-refractivity contribution in [1.82, 2.24) is 20.2 Å². The van der Waals surface area contributed by atoms with Gasteiger partial charge in [0.1, 0.15) is 0 Å². The Bertz CT molecular complexity index is 678. The summed E-state index contributed by atoms with van der Waals surface area (Å²) in [6.45, 7) is 0. The van der Waals surface area contributed by atoms with E-state index < -0.39 is 12.1 Å². The summed E-state index contributed by atoms with van der Waals surface area (Å²) < 4.78 is 38.4. The Morgan fingerprint density at radius 3 is 2.76 bits per heavy atom. The van der Waals surface area contributed by atoms with Crippen LogP contribution >= 0.6 is 0 Å².